The Kier molecular flexibility index (Phi) is 2.78. The van der Waals surface area contributed by atoms with Crippen LogP contribution in [0.15, 0.2) is 24.4 Å². The van der Waals surface area contributed by atoms with E-state index >= 15 is 0 Å². The van der Waals surface area contributed by atoms with E-state index in [9.17, 15) is 0 Å². The third-order valence-electron chi connectivity index (χ3n) is 3.02. The molecule has 0 saturated carbocycles. The van der Waals surface area contributed by atoms with Crippen LogP contribution >= 0.6 is 11.7 Å². The molecule has 0 spiro atoms. The summed E-state index contributed by atoms with van der Waals surface area (Å²) in [6.45, 7) is 0.776. The van der Waals surface area contributed by atoms with Crippen molar-refractivity contribution >= 4 is 11.7 Å². The maximum absolute atomic E-state index is 5.73. The van der Waals surface area contributed by atoms with E-state index in [1.165, 1.54) is 17.3 Å². The van der Waals surface area contributed by atoms with Crippen LogP contribution in [0.25, 0.3) is 0 Å². The lowest BCUT2D eigenvalue weighted by Gasteiger charge is -2.16. The molecule has 0 radical (unpaired) electrons. The van der Waals surface area contributed by atoms with Gasteiger partial charge < -0.3 is 10.1 Å². The first-order valence-corrected chi connectivity index (χ1v) is 6.32. The Morgan fingerprint density at radius 3 is 3.18 bits per heavy atom. The monoisotopic (exact) mass is 247 g/mol. The zero-order valence-electron chi connectivity index (χ0n) is 9.51. The van der Waals surface area contributed by atoms with Crippen LogP contribution in [-0.2, 0) is 6.42 Å². The van der Waals surface area contributed by atoms with Gasteiger partial charge >= 0.3 is 0 Å². The van der Waals surface area contributed by atoms with E-state index < -0.39 is 0 Å². The fraction of sp³-hybridized carbons (Fsp3) is 0.333. The first kappa shape index (κ1) is 10.7. The summed E-state index contributed by atoms with van der Waals surface area (Å²) in [7, 11) is 1.93. The third kappa shape index (κ3) is 1.81. The smallest absolute Gasteiger partial charge is 0.127 e. The first-order valence-electron chi connectivity index (χ1n) is 5.59. The molecule has 3 rings (SSSR count). The van der Waals surface area contributed by atoms with E-state index in [2.05, 4.69) is 32.3 Å². The molecule has 88 valence electrons. The second-order valence-electron chi connectivity index (χ2n) is 3.99. The van der Waals surface area contributed by atoms with Crippen LogP contribution in [0.3, 0.4) is 0 Å². The largest absolute Gasteiger partial charge is 0.493 e. The van der Waals surface area contributed by atoms with Crippen LogP contribution in [0.2, 0.25) is 0 Å². The van der Waals surface area contributed by atoms with E-state index in [1.807, 2.05) is 7.05 Å². The fourth-order valence-corrected chi connectivity index (χ4v) is 2.68. The zero-order chi connectivity index (χ0) is 11.7. The fourth-order valence-electron chi connectivity index (χ4n) is 2.23. The Morgan fingerprint density at radius 2 is 2.41 bits per heavy atom. The topological polar surface area (TPSA) is 47.0 Å². The summed E-state index contributed by atoms with van der Waals surface area (Å²) in [6, 6.07) is 6.34. The quantitative estimate of drug-likeness (QED) is 0.898. The van der Waals surface area contributed by atoms with Gasteiger partial charge in [0.05, 0.1) is 36.3 Å². The SMILES string of the molecule is CNC(c1cnsn1)c1cccc2c1OCC2. The number of ether oxygens (including phenoxy) is 1. The molecule has 0 amide bonds. The van der Waals surface area contributed by atoms with Gasteiger partial charge in [-0.2, -0.15) is 8.75 Å². The van der Waals surface area contributed by atoms with Crippen molar-refractivity contribution in [3.8, 4) is 5.75 Å². The van der Waals surface area contributed by atoms with Gasteiger partial charge in [-0.05, 0) is 12.6 Å². The molecular formula is C12H13N3OS. The summed E-state index contributed by atoms with van der Waals surface area (Å²) in [5.41, 5.74) is 3.38. The average Bonchev–Trinajstić information content (AvgIpc) is 3.00. The highest BCUT2D eigenvalue weighted by atomic mass is 32.1. The van der Waals surface area contributed by atoms with Gasteiger partial charge in [0.2, 0.25) is 0 Å². The Balaban J connectivity index is 2.06. The van der Waals surface area contributed by atoms with Crippen LogP contribution in [0, 0.1) is 0 Å². The van der Waals surface area contributed by atoms with Crippen molar-refractivity contribution in [3.05, 3.63) is 41.2 Å². The number of para-hydroxylation sites is 1. The van der Waals surface area contributed by atoms with Gasteiger partial charge in [-0.3, -0.25) is 0 Å². The van der Waals surface area contributed by atoms with Crippen molar-refractivity contribution in [1.82, 2.24) is 14.1 Å². The molecule has 0 saturated heterocycles. The summed E-state index contributed by atoms with van der Waals surface area (Å²) < 4.78 is 14.1. The van der Waals surface area contributed by atoms with E-state index in [1.54, 1.807) is 6.20 Å². The Labute approximate surface area is 104 Å². The van der Waals surface area contributed by atoms with Gasteiger partial charge in [-0.15, -0.1) is 0 Å². The average molecular weight is 247 g/mol. The summed E-state index contributed by atoms with van der Waals surface area (Å²) in [6.07, 6.45) is 2.80. The van der Waals surface area contributed by atoms with Crippen molar-refractivity contribution in [2.75, 3.05) is 13.7 Å². The summed E-state index contributed by atoms with van der Waals surface area (Å²) in [5.74, 6) is 1.01. The van der Waals surface area contributed by atoms with E-state index in [-0.39, 0.29) is 6.04 Å². The number of hydrogen-bond donors (Lipinski definition) is 1. The molecular weight excluding hydrogens is 234 g/mol. The first-order chi connectivity index (χ1) is 8.40. The third-order valence-corrected chi connectivity index (χ3v) is 3.51. The minimum Gasteiger partial charge on any atom is -0.493 e. The summed E-state index contributed by atoms with van der Waals surface area (Å²) in [5, 5.41) is 3.27. The maximum Gasteiger partial charge on any atom is 0.127 e. The number of benzene rings is 1. The van der Waals surface area contributed by atoms with E-state index in [0.29, 0.717) is 0 Å². The van der Waals surface area contributed by atoms with Crippen molar-refractivity contribution in [1.29, 1.82) is 0 Å². The molecule has 2 heterocycles. The zero-order valence-corrected chi connectivity index (χ0v) is 10.3. The summed E-state index contributed by atoms with van der Waals surface area (Å²) >= 11 is 1.23. The molecule has 0 fully saturated rings. The predicted molar refractivity (Wildman–Crippen MR) is 66.5 cm³/mol. The van der Waals surface area contributed by atoms with Gasteiger partial charge in [0, 0.05) is 12.0 Å². The van der Waals surface area contributed by atoms with E-state index in [4.69, 9.17) is 4.74 Å². The van der Waals surface area contributed by atoms with E-state index in [0.717, 1.165) is 30.0 Å². The molecule has 0 aliphatic carbocycles. The lowest BCUT2D eigenvalue weighted by atomic mass is 10.00. The minimum absolute atomic E-state index is 0.0572. The predicted octanol–water partition coefficient (Wildman–Crippen LogP) is 1.78. The van der Waals surface area contributed by atoms with Gasteiger partial charge in [-0.1, -0.05) is 18.2 Å². The number of hydrogen-bond acceptors (Lipinski definition) is 5. The molecule has 17 heavy (non-hydrogen) atoms. The molecule has 0 bridgehead atoms. The second-order valence-corrected chi connectivity index (χ2v) is 4.54. The van der Waals surface area contributed by atoms with Gasteiger partial charge in [0.15, 0.2) is 0 Å². The molecule has 1 unspecified atom stereocenters. The highest BCUT2D eigenvalue weighted by Crippen LogP contribution is 2.35. The molecule has 1 aromatic heterocycles. The molecule has 1 aliphatic heterocycles. The number of rotatable bonds is 3. The van der Waals surface area contributed by atoms with Crippen molar-refractivity contribution < 1.29 is 4.74 Å². The maximum atomic E-state index is 5.73. The second kappa shape index (κ2) is 4.43. The van der Waals surface area contributed by atoms with Crippen molar-refractivity contribution in [2.45, 2.75) is 12.5 Å². The number of nitrogens with one attached hydrogen (secondary N) is 1. The van der Waals surface area contributed by atoms with Crippen LogP contribution in [0.4, 0.5) is 0 Å². The highest BCUT2D eigenvalue weighted by molar-refractivity contribution is 6.99. The van der Waals surface area contributed by atoms with Crippen molar-refractivity contribution in [3.63, 3.8) is 0 Å². The van der Waals surface area contributed by atoms with Gasteiger partial charge in [0.1, 0.15) is 5.75 Å². The van der Waals surface area contributed by atoms with Crippen LogP contribution < -0.4 is 10.1 Å². The van der Waals surface area contributed by atoms with Crippen molar-refractivity contribution in [2.24, 2.45) is 0 Å². The number of aromatic nitrogens is 2. The van der Waals surface area contributed by atoms with Crippen LogP contribution in [0.1, 0.15) is 22.9 Å². The minimum atomic E-state index is 0.0572. The number of fused-ring (bicyclic) bond motifs is 1. The summed E-state index contributed by atoms with van der Waals surface area (Å²) in [4.78, 5) is 0. The molecule has 5 heteroatoms. The normalized spacial score (nSPS) is 15.4. The lowest BCUT2D eigenvalue weighted by molar-refractivity contribution is 0.351. The molecule has 1 N–H and O–H groups in total. The van der Waals surface area contributed by atoms with Crippen LogP contribution in [-0.4, -0.2) is 22.4 Å². The number of nitrogens with zero attached hydrogens (tertiary/aromatic N) is 2. The molecule has 1 aliphatic rings. The molecule has 1 atom stereocenters. The molecule has 2 aromatic rings. The standard InChI is InChI=1S/C12H13N3OS/c1-13-11(10-7-14-17-15-10)9-4-2-3-8-5-6-16-12(8)9/h2-4,7,11,13H,5-6H2,1H3. The van der Waals surface area contributed by atoms with Crippen LogP contribution in [0.5, 0.6) is 5.75 Å². The Hall–Kier alpha value is -1.46. The van der Waals surface area contributed by atoms with Gasteiger partial charge in [-0.25, -0.2) is 0 Å². The molecule has 1 aromatic carbocycles. The Morgan fingerprint density at radius 1 is 1.47 bits per heavy atom. The molecule has 4 nitrogen and oxygen atoms in total. The Bertz CT molecular complexity index is 512. The van der Waals surface area contributed by atoms with Gasteiger partial charge in [0.25, 0.3) is 0 Å². The highest BCUT2D eigenvalue weighted by Gasteiger charge is 2.23. The lowest BCUT2D eigenvalue weighted by Crippen LogP contribution is -2.18.